The molecule has 10 aromatic carbocycles. The highest BCUT2D eigenvalue weighted by atomic mass is 32.1. The molecule has 3 heteroatoms. The maximum atomic E-state index is 6.70. The lowest BCUT2D eigenvalue weighted by Crippen LogP contribution is -2.12. The molecule has 0 saturated carbocycles. The zero-order valence-corrected chi connectivity index (χ0v) is 35.1. The van der Waals surface area contributed by atoms with Crippen LogP contribution >= 0.6 is 11.3 Å². The van der Waals surface area contributed by atoms with Crippen molar-refractivity contribution in [3.05, 3.63) is 237 Å². The second-order valence-corrected chi connectivity index (χ2v) is 17.0. The normalized spacial score (nSPS) is 11.5. The van der Waals surface area contributed by atoms with Crippen molar-refractivity contribution in [3.8, 4) is 55.6 Å². The summed E-state index contributed by atoms with van der Waals surface area (Å²) in [5, 5.41) is 4.83. The van der Waals surface area contributed by atoms with Crippen LogP contribution in [0.3, 0.4) is 0 Å². The highest BCUT2D eigenvalue weighted by Crippen LogP contribution is 2.49. The first-order valence-electron chi connectivity index (χ1n) is 21.4. The van der Waals surface area contributed by atoms with Gasteiger partial charge in [0.05, 0.1) is 11.4 Å². The van der Waals surface area contributed by atoms with E-state index in [1.807, 2.05) is 17.4 Å². The molecule has 0 bridgehead atoms. The average Bonchev–Trinajstić information content (AvgIpc) is 3.94. The van der Waals surface area contributed by atoms with Gasteiger partial charge in [0.15, 0.2) is 0 Å². The van der Waals surface area contributed by atoms with E-state index in [0.717, 1.165) is 61.3 Å². The second kappa shape index (κ2) is 15.5. The minimum atomic E-state index is 0.883. The van der Waals surface area contributed by atoms with Crippen molar-refractivity contribution in [3.63, 3.8) is 0 Å². The van der Waals surface area contributed by atoms with Gasteiger partial charge in [-0.2, -0.15) is 0 Å². The van der Waals surface area contributed by atoms with E-state index >= 15 is 0 Å². The van der Waals surface area contributed by atoms with E-state index in [9.17, 15) is 0 Å². The maximum absolute atomic E-state index is 6.70. The van der Waals surface area contributed by atoms with Gasteiger partial charge >= 0.3 is 0 Å². The molecule has 2 heterocycles. The van der Waals surface area contributed by atoms with Crippen LogP contribution in [-0.4, -0.2) is 0 Å². The van der Waals surface area contributed by atoms with E-state index in [0.29, 0.717) is 0 Å². The molecule has 0 fully saturated rings. The third-order valence-corrected chi connectivity index (χ3v) is 13.5. The number of hydrogen-bond acceptors (Lipinski definition) is 3. The highest BCUT2D eigenvalue weighted by molar-refractivity contribution is 7.25. The Labute approximate surface area is 370 Å². The second-order valence-electron chi connectivity index (χ2n) is 15.9. The van der Waals surface area contributed by atoms with Crippen LogP contribution in [0, 0.1) is 0 Å². The molecule has 63 heavy (non-hydrogen) atoms. The number of rotatable bonds is 8. The van der Waals surface area contributed by atoms with Crippen molar-refractivity contribution < 1.29 is 4.42 Å². The zero-order valence-electron chi connectivity index (χ0n) is 34.3. The SMILES string of the molecule is c1ccc(-c2ccccc2-c2ccccc2-c2ccccc2N(c2ccc(-c3cccc4sc5ccccc5c34)cc2)c2ccccc2-c2cccc3c2oc2ccccc23)cc1. The Morgan fingerprint density at radius 1 is 0.302 bits per heavy atom. The summed E-state index contributed by atoms with van der Waals surface area (Å²) in [6.07, 6.45) is 0. The van der Waals surface area contributed by atoms with Crippen molar-refractivity contribution in [1.82, 2.24) is 0 Å². The first kappa shape index (κ1) is 36.8. The summed E-state index contributed by atoms with van der Waals surface area (Å²) in [7, 11) is 0. The summed E-state index contributed by atoms with van der Waals surface area (Å²) in [5.74, 6) is 0. The predicted molar refractivity (Wildman–Crippen MR) is 268 cm³/mol. The summed E-state index contributed by atoms with van der Waals surface area (Å²) in [4.78, 5) is 2.44. The molecule has 0 aliphatic carbocycles. The van der Waals surface area contributed by atoms with Crippen LogP contribution in [0.2, 0.25) is 0 Å². The topological polar surface area (TPSA) is 16.4 Å². The summed E-state index contributed by atoms with van der Waals surface area (Å²) in [5.41, 5.74) is 16.6. The molecular weight excluding hydrogens is 783 g/mol. The van der Waals surface area contributed by atoms with Gasteiger partial charge in [0.1, 0.15) is 11.2 Å². The summed E-state index contributed by atoms with van der Waals surface area (Å²) in [6.45, 7) is 0. The fourth-order valence-corrected chi connectivity index (χ4v) is 10.6. The highest BCUT2D eigenvalue weighted by Gasteiger charge is 2.24. The van der Waals surface area contributed by atoms with Gasteiger partial charge in [0.25, 0.3) is 0 Å². The Kier molecular flexibility index (Phi) is 9.06. The molecule has 2 aromatic heterocycles. The van der Waals surface area contributed by atoms with Gasteiger partial charge in [-0.05, 0) is 81.4 Å². The number of nitrogens with zero attached hydrogens (tertiary/aromatic N) is 1. The van der Waals surface area contributed by atoms with Crippen LogP contribution in [-0.2, 0) is 0 Å². The molecule has 12 rings (SSSR count). The minimum absolute atomic E-state index is 0.883. The van der Waals surface area contributed by atoms with E-state index in [4.69, 9.17) is 4.42 Å². The molecule has 0 aliphatic rings. The van der Waals surface area contributed by atoms with E-state index < -0.39 is 0 Å². The molecule has 0 N–H and O–H groups in total. The Morgan fingerprint density at radius 2 is 0.778 bits per heavy atom. The fourth-order valence-electron chi connectivity index (χ4n) is 9.51. The number of para-hydroxylation sites is 4. The molecule has 2 nitrogen and oxygen atoms in total. The molecule has 0 amide bonds. The molecule has 0 atom stereocenters. The van der Waals surface area contributed by atoms with Crippen LogP contribution in [0.15, 0.2) is 241 Å². The van der Waals surface area contributed by atoms with Crippen molar-refractivity contribution in [1.29, 1.82) is 0 Å². The van der Waals surface area contributed by atoms with Gasteiger partial charge in [0.2, 0.25) is 0 Å². The molecule has 296 valence electrons. The van der Waals surface area contributed by atoms with Crippen molar-refractivity contribution in [2.24, 2.45) is 0 Å². The van der Waals surface area contributed by atoms with Crippen LogP contribution in [0.5, 0.6) is 0 Å². The lowest BCUT2D eigenvalue weighted by atomic mass is 9.88. The van der Waals surface area contributed by atoms with Gasteiger partial charge in [0, 0.05) is 53.3 Å². The van der Waals surface area contributed by atoms with E-state index in [-0.39, 0.29) is 0 Å². The Morgan fingerprint density at radius 3 is 1.52 bits per heavy atom. The van der Waals surface area contributed by atoms with E-state index in [1.54, 1.807) is 0 Å². The summed E-state index contributed by atoms with van der Waals surface area (Å²) < 4.78 is 9.30. The number of thiophene rings is 1. The Hall–Kier alpha value is -7.98. The van der Waals surface area contributed by atoms with E-state index in [2.05, 4.69) is 235 Å². The fraction of sp³-hybridized carbons (Fsp3) is 0. The van der Waals surface area contributed by atoms with Crippen LogP contribution in [0.25, 0.3) is 97.7 Å². The van der Waals surface area contributed by atoms with Gasteiger partial charge in [-0.3, -0.25) is 0 Å². The van der Waals surface area contributed by atoms with Gasteiger partial charge in [-0.1, -0.05) is 194 Å². The van der Waals surface area contributed by atoms with Crippen LogP contribution < -0.4 is 4.90 Å². The van der Waals surface area contributed by atoms with Crippen LogP contribution in [0.1, 0.15) is 0 Å². The smallest absolute Gasteiger partial charge is 0.143 e. The number of anilines is 3. The maximum Gasteiger partial charge on any atom is 0.143 e. The standard InChI is InChI=1S/C60H39NOS/c1-2-18-40(19-3-1)43-20-4-5-21-45(43)46-22-6-7-23-47(46)48-24-8-12-31-54(48)61(42-38-36-41(37-39-42)44-28-17-35-58-59(44)53-27-11-15-34-57(53)63-58)55-32-13-9-25-49(55)51-29-16-30-52-50-26-10-14-33-56(50)62-60(51)52/h1-39H. The lowest BCUT2D eigenvalue weighted by Gasteiger charge is -2.30. The quantitative estimate of drug-likeness (QED) is 0.152. The first-order valence-corrected chi connectivity index (χ1v) is 22.2. The largest absolute Gasteiger partial charge is 0.455 e. The van der Waals surface area contributed by atoms with Crippen molar-refractivity contribution in [2.45, 2.75) is 0 Å². The first-order chi connectivity index (χ1) is 31.3. The number of hydrogen-bond donors (Lipinski definition) is 0. The third kappa shape index (κ3) is 6.33. The van der Waals surface area contributed by atoms with Gasteiger partial charge < -0.3 is 9.32 Å². The predicted octanol–water partition coefficient (Wildman–Crippen LogP) is 17.8. The average molecular weight is 822 g/mol. The molecular formula is C60H39NOS. The molecule has 0 unspecified atom stereocenters. The number of benzene rings is 10. The molecule has 0 radical (unpaired) electrons. The Bertz CT molecular complexity index is 3630. The molecule has 12 aromatic rings. The lowest BCUT2D eigenvalue weighted by molar-refractivity contribution is 0.670. The molecule has 0 aliphatic heterocycles. The number of fused-ring (bicyclic) bond motifs is 6. The Balaban J connectivity index is 1.08. The third-order valence-electron chi connectivity index (χ3n) is 12.3. The van der Waals surface area contributed by atoms with Crippen molar-refractivity contribution in [2.75, 3.05) is 4.90 Å². The van der Waals surface area contributed by atoms with Crippen molar-refractivity contribution >= 4 is 70.5 Å². The van der Waals surface area contributed by atoms with Crippen LogP contribution in [0.4, 0.5) is 17.1 Å². The number of furan rings is 1. The monoisotopic (exact) mass is 821 g/mol. The van der Waals surface area contributed by atoms with E-state index in [1.165, 1.54) is 53.6 Å². The van der Waals surface area contributed by atoms with Gasteiger partial charge in [-0.25, -0.2) is 0 Å². The van der Waals surface area contributed by atoms with Gasteiger partial charge in [-0.15, -0.1) is 11.3 Å². The summed E-state index contributed by atoms with van der Waals surface area (Å²) in [6, 6.07) is 85.3. The zero-order chi connectivity index (χ0) is 41.7. The molecule has 0 spiro atoms. The molecule has 0 saturated heterocycles. The minimum Gasteiger partial charge on any atom is -0.455 e. The summed E-state index contributed by atoms with van der Waals surface area (Å²) >= 11 is 1.86.